The first-order valence-corrected chi connectivity index (χ1v) is 14.8. The molecule has 0 saturated heterocycles. The first-order valence-electron chi connectivity index (χ1n) is 5.27. The third-order valence-corrected chi connectivity index (χ3v) is 8.46. The second-order valence-electron chi connectivity index (χ2n) is 3.58. The quantitative estimate of drug-likeness (QED) is 0.515. The molecule has 2 aromatic rings. The van der Waals surface area contributed by atoms with Crippen molar-refractivity contribution in [3.05, 3.63) is 71.8 Å². The van der Waals surface area contributed by atoms with Crippen molar-refractivity contribution in [2.75, 3.05) is 0 Å². The molecule has 2 heteroatoms. The zero-order chi connectivity index (χ0) is 11.2. The summed E-state index contributed by atoms with van der Waals surface area (Å²) in [4.78, 5) is 0. The molecule has 0 aromatic heterocycles. The molecule has 2 rings (SSSR count). The van der Waals surface area contributed by atoms with Crippen LogP contribution in [0.25, 0.3) is 9.16 Å². The average molecular weight is 415 g/mol. The van der Waals surface area contributed by atoms with Crippen molar-refractivity contribution in [1.82, 2.24) is 0 Å². The van der Waals surface area contributed by atoms with Gasteiger partial charge in [-0.25, -0.2) is 0 Å². The van der Waals surface area contributed by atoms with Gasteiger partial charge in [0, 0.05) is 0 Å². The predicted octanol–water partition coefficient (Wildman–Crippen LogP) is 4.42. The maximum atomic E-state index is 6.21. The number of halogens is 1. The summed E-state index contributed by atoms with van der Waals surface area (Å²) in [5, 5.41) is 0. The van der Waals surface area contributed by atoms with Crippen LogP contribution in [-0.2, 0) is 23.3 Å². The molecule has 0 amide bonds. The normalized spacial score (nSPS) is 10.9. The minimum atomic E-state index is -1.41. The molecule has 0 unspecified atom stereocenters. The fourth-order valence-electron chi connectivity index (χ4n) is 1.60. The van der Waals surface area contributed by atoms with E-state index < -0.39 is 23.3 Å². The zero-order valence-corrected chi connectivity index (χ0v) is 15.2. The van der Waals surface area contributed by atoms with E-state index >= 15 is 0 Å². The Kier molecular flexibility index (Phi) is 4.62. The molecule has 0 radical (unpaired) electrons. The molecule has 16 heavy (non-hydrogen) atoms. The second kappa shape index (κ2) is 6.22. The molecule has 0 heterocycles. The standard InChI is InChI=1S/C14H11.ClH.Hg/c1-3-7-13(8-4-1)11-12-14-9-5-2-6-10-14;;/h1-11H;1H;/q;;+1/p-1. The average Bonchev–Trinajstić information content (AvgIpc) is 2.38. The van der Waals surface area contributed by atoms with Gasteiger partial charge >= 0.3 is 113 Å². The Morgan fingerprint density at radius 2 is 1.44 bits per heavy atom. The van der Waals surface area contributed by atoms with E-state index in [1.54, 1.807) is 0 Å². The summed E-state index contributed by atoms with van der Waals surface area (Å²) in [6.45, 7) is 0. The van der Waals surface area contributed by atoms with Crippen molar-refractivity contribution >= 4 is 17.4 Å². The van der Waals surface area contributed by atoms with Gasteiger partial charge < -0.3 is 0 Å². The van der Waals surface area contributed by atoms with Crippen LogP contribution in [0.3, 0.4) is 0 Å². The molecule has 0 atom stereocenters. The Bertz CT molecular complexity index is 463. The van der Waals surface area contributed by atoms with E-state index in [-0.39, 0.29) is 0 Å². The van der Waals surface area contributed by atoms with Gasteiger partial charge in [0.2, 0.25) is 0 Å². The molecule has 76 valence electrons. The van der Waals surface area contributed by atoms with Crippen LogP contribution in [0, 0.1) is 0 Å². The van der Waals surface area contributed by atoms with E-state index in [4.69, 9.17) is 8.25 Å². The fraction of sp³-hybridized carbons (Fsp3) is 0. The van der Waals surface area contributed by atoms with Crippen LogP contribution >= 0.6 is 8.25 Å². The summed E-state index contributed by atoms with van der Waals surface area (Å²) in [5.41, 5.74) is 2.52. The Morgan fingerprint density at radius 3 is 2.00 bits per heavy atom. The summed E-state index contributed by atoms with van der Waals surface area (Å²) in [7, 11) is 6.21. The van der Waals surface area contributed by atoms with Gasteiger partial charge in [-0.2, -0.15) is 0 Å². The van der Waals surface area contributed by atoms with Crippen LogP contribution in [0.1, 0.15) is 11.1 Å². The van der Waals surface area contributed by atoms with Crippen molar-refractivity contribution in [3.8, 4) is 0 Å². The Balaban J connectivity index is 2.34. The van der Waals surface area contributed by atoms with Crippen LogP contribution < -0.4 is 0 Å². The van der Waals surface area contributed by atoms with Crippen LogP contribution in [0.4, 0.5) is 0 Å². The van der Waals surface area contributed by atoms with E-state index in [2.05, 4.69) is 54.6 Å². The third-order valence-electron chi connectivity index (χ3n) is 2.43. The van der Waals surface area contributed by atoms with E-state index in [9.17, 15) is 0 Å². The molecule has 0 fully saturated rings. The Hall–Kier alpha value is -0.595. The molecule has 0 N–H and O–H groups in total. The molecule has 0 aliphatic rings. The second-order valence-corrected chi connectivity index (χ2v) is 9.93. The van der Waals surface area contributed by atoms with Crippen molar-refractivity contribution in [2.45, 2.75) is 0 Å². The van der Waals surface area contributed by atoms with Gasteiger partial charge in [-0.15, -0.1) is 0 Å². The topological polar surface area (TPSA) is 0 Å². The molecule has 0 nitrogen and oxygen atoms in total. The summed E-state index contributed by atoms with van der Waals surface area (Å²) < 4.78 is 1.37. The van der Waals surface area contributed by atoms with Crippen LogP contribution in [-0.4, -0.2) is 0 Å². The summed E-state index contributed by atoms with van der Waals surface area (Å²) in [6, 6.07) is 20.8. The summed E-state index contributed by atoms with van der Waals surface area (Å²) in [5.74, 6) is 0. The molecule has 0 saturated carbocycles. The molecular formula is C14H11ClHg. The van der Waals surface area contributed by atoms with Crippen LogP contribution in [0.15, 0.2) is 60.7 Å². The zero-order valence-electron chi connectivity index (χ0n) is 8.94. The van der Waals surface area contributed by atoms with Crippen molar-refractivity contribution in [1.29, 1.82) is 0 Å². The predicted molar refractivity (Wildman–Crippen MR) is 66.6 cm³/mol. The Labute approximate surface area is 112 Å². The molecule has 0 bridgehead atoms. The van der Waals surface area contributed by atoms with Gasteiger partial charge in [-0.1, -0.05) is 0 Å². The number of hydrogen-bond acceptors (Lipinski definition) is 0. The van der Waals surface area contributed by atoms with Gasteiger partial charge in [-0.05, 0) is 0 Å². The number of benzene rings is 2. The molecule has 2 aromatic carbocycles. The molecule has 0 aliphatic heterocycles. The molecular weight excluding hydrogens is 404 g/mol. The van der Waals surface area contributed by atoms with E-state index in [0.717, 1.165) is 0 Å². The number of hydrogen-bond donors (Lipinski definition) is 0. The van der Waals surface area contributed by atoms with Gasteiger partial charge in [0.1, 0.15) is 0 Å². The molecule has 0 spiro atoms. The van der Waals surface area contributed by atoms with E-state index in [1.165, 1.54) is 14.2 Å². The monoisotopic (exact) mass is 416 g/mol. The maximum absolute atomic E-state index is 6.21. The third kappa shape index (κ3) is 3.20. The first-order chi connectivity index (χ1) is 7.90. The van der Waals surface area contributed by atoms with Crippen LogP contribution in [0.5, 0.6) is 0 Å². The van der Waals surface area contributed by atoms with Crippen molar-refractivity contribution < 1.29 is 23.3 Å². The minimum absolute atomic E-state index is 1.24. The Morgan fingerprint density at radius 1 is 0.875 bits per heavy atom. The SMILES string of the molecule is [Cl][Hg]/[C](=C\c1ccccc1)c1ccccc1. The van der Waals surface area contributed by atoms with Crippen LogP contribution in [0.2, 0.25) is 0 Å². The van der Waals surface area contributed by atoms with E-state index in [0.29, 0.717) is 0 Å². The van der Waals surface area contributed by atoms with E-state index in [1.807, 2.05) is 12.1 Å². The first kappa shape index (κ1) is 11.9. The van der Waals surface area contributed by atoms with Gasteiger partial charge in [-0.3, -0.25) is 0 Å². The summed E-state index contributed by atoms with van der Waals surface area (Å²) in [6.07, 6.45) is 2.23. The summed E-state index contributed by atoms with van der Waals surface area (Å²) >= 11 is -1.41. The van der Waals surface area contributed by atoms with Gasteiger partial charge in [0.05, 0.1) is 0 Å². The number of rotatable bonds is 3. The van der Waals surface area contributed by atoms with Gasteiger partial charge in [0.25, 0.3) is 0 Å². The van der Waals surface area contributed by atoms with Crippen molar-refractivity contribution in [2.24, 2.45) is 0 Å². The van der Waals surface area contributed by atoms with Crippen molar-refractivity contribution in [3.63, 3.8) is 0 Å². The van der Waals surface area contributed by atoms with Gasteiger partial charge in [0.15, 0.2) is 0 Å². The molecule has 0 aliphatic carbocycles. The fourth-order valence-corrected chi connectivity index (χ4v) is 6.37.